The average Bonchev–Trinajstić information content (AvgIpc) is 2.16. The molecule has 1 saturated heterocycles. The summed E-state index contributed by atoms with van der Waals surface area (Å²) in [7, 11) is 2.01. The van der Waals surface area contributed by atoms with Gasteiger partial charge in [-0.25, -0.2) is 0 Å². The fourth-order valence-corrected chi connectivity index (χ4v) is 1.79. The number of rotatable bonds is 2. The number of pyridine rings is 1. The van der Waals surface area contributed by atoms with Crippen molar-refractivity contribution in [2.75, 3.05) is 20.1 Å². The van der Waals surface area contributed by atoms with Crippen molar-refractivity contribution in [2.45, 2.75) is 6.04 Å². The molecule has 4 nitrogen and oxygen atoms in total. The van der Waals surface area contributed by atoms with Crippen LogP contribution in [-0.4, -0.2) is 42.0 Å². The number of halogens is 1. The molecule has 0 aromatic carbocycles. The zero-order chi connectivity index (χ0) is 10.8. The van der Waals surface area contributed by atoms with Gasteiger partial charge in [-0.3, -0.25) is 9.78 Å². The Balaban J connectivity index is 1.99. The van der Waals surface area contributed by atoms with Crippen LogP contribution in [0.3, 0.4) is 0 Å². The Bertz CT molecular complexity index is 377. The summed E-state index contributed by atoms with van der Waals surface area (Å²) in [5.74, 6) is -0.147. The minimum Gasteiger partial charge on any atom is -0.347 e. The highest BCUT2D eigenvalue weighted by molar-refractivity contribution is 6.33. The Hall–Kier alpha value is -1.13. The van der Waals surface area contributed by atoms with Gasteiger partial charge in [0.15, 0.2) is 0 Å². The predicted molar refractivity (Wildman–Crippen MR) is 58.0 cm³/mol. The molecule has 0 atom stereocenters. The van der Waals surface area contributed by atoms with E-state index in [1.165, 1.54) is 6.20 Å². The summed E-state index contributed by atoms with van der Waals surface area (Å²) < 4.78 is 0. The first-order chi connectivity index (χ1) is 7.16. The second-order valence-electron chi connectivity index (χ2n) is 3.75. The van der Waals surface area contributed by atoms with Crippen molar-refractivity contribution in [1.82, 2.24) is 15.2 Å². The number of likely N-dealkylation sites (N-methyl/N-ethyl adjacent to an activating group) is 1. The minimum atomic E-state index is -0.147. The Morgan fingerprint density at radius 1 is 1.67 bits per heavy atom. The molecule has 1 fully saturated rings. The molecule has 1 N–H and O–H groups in total. The van der Waals surface area contributed by atoms with E-state index in [1.54, 1.807) is 12.3 Å². The molecule has 0 radical (unpaired) electrons. The molecule has 1 aliphatic heterocycles. The van der Waals surface area contributed by atoms with Gasteiger partial charge in [0.2, 0.25) is 0 Å². The molecular weight excluding hydrogens is 214 g/mol. The van der Waals surface area contributed by atoms with Crippen molar-refractivity contribution in [1.29, 1.82) is 0 Å². The molecule has 5 heteroatoms. The van der Waals surface area contributed by atoms with Crippen LogP contribution in [0.4, 0.5) is 0 Å². The number of hydrogen-bond acceptors (Lipinski definition) is 3. The molecule has 15 heavy (non-hydrogen) atoms. The van der Waals surface area contributed by atoms with E-state index in [0.717, 1.165) is 13.1 Å². The van der Waals surface area contributed by atoms with Gasteiger partial charge in [-0.05, 0) is 13.1 Å². The number of nitrogens with one attached hydrogen (secondary N) is 1. The summed E-state index contributed by atoms with van der Waals surface area (Å²) in [5, 5.41) is 3.34. The summed E-state index contributed by atoms with van der Waals surface area (Å²) in [4.78, 5) is 17.7. The molecule has 1 aromatic heterocycles. The molecule has 0 bridgehead atoms. The topological polar surface area (TPSA) is 45.2 Å². The maximum atomic E-state index is 11.7. The number of aromatic nitrogens is 1. The fourth-order valence-electron chi connectivity index (χ4n) is 1.60. The third kappa shape index (κ3) is 2.27. The quantitative estimate of drug-likeness (QED) is 0.809. The van der Waals surface area contributed by atoms with Crippen molar-refractivity contribution >= 4 is 17.5 Å². The van der Waals surface area contributed by atoms with Gasteiger partial charge in [0, 0.05) is 25.5 Å². The maximum absolute atomic E-state index is 11.7. The summed E-state index contributed by atoms with van der Waals surface area (Å²) in [5.41, 5.74) is 0.439. The monoisotopic (exact) mass is 225 g/mol. The van der Waals surface area contributed by atoms with E-state index in [0.29, 0.717) is 10.6 Å². The van der Waals surface area contributed by atoms with E-state index < -0.39 is 0 Å². The third-order valence-electron chi connectivity index (χ3n) is 2.41. The van der Waals surface area contributed by atoms with Crippen LogP contribution in [0.25, 0.3) is 0 Å². The normalized spacial score (nSPS) is 17.2. The molecule has 2 heterocycles. The van der Waals surface area contributed by atoms with Gasteiger partial charge in [-0.15, -0.1) is 0 Å². The number of nitrogens with zero attached hydrogens (tertiary/aromatic N) is 2. The summed E-state index contributed by atoms with van der Waals surface area (Å²) in [6.07, 6.45) is 3.05. The highest BCUT2D eigenvalue weighted by Crippen LogP contribution is 2.14. The fraction of sp³-hybridized carbons (Fsp3) is 0.400. The Labute approximate surface area is 93.2 Å². The lowest BCUT2D eigenvalue weighted by Crippen LogP contribution is -2.57. The molecule has 0 unspecified atom stereocenters. The molecule has 0 aliphatic carbocycles. The van der Waals surface area contributed by atoms with Crippen LogP contribution in [0.2, 0.25) is 5.02 Å². The Morgan fingerprint density at radius 2 is 2.40 bits per heavy atom. The molecule has 1 amide bonds. The number of amides is 1. The lowest BCUT2D eigenvalue weighted by molar-refractivity contribution is 0.0857. The smallest absolute Gasteiger partial charge is 0.254 e. The number of hydrogen-bond donors (Lipinski definition) is 1. The van der Waals surface area contributed by atoms with Gasteiger partial charge < -0.3 is 10.2 Å². The van der Waals surface area contributed by atoms with Crippen LogP contribution in [0, 0.1) is 0 Å². The van der Waals surface area contributed by atoms with E-state index in [4.69, 9.17) is 11.6 Å². The van der Waals surface area contributed by atoms with Crippen molar-refractivity contribution < 1.29 is 4.79 Å². The zero-order valence-corrected chi connectivity index (χ0v) is 9.16. The van der Waals surface area contributed by atoms with E-state index in [-0.39, 0.29) is 11.9 Å². The van der Waals surface area contributed by atoms with Crippen molar-refractivity contribution in [3.05, 3.63) is 29.0 Å². The first-order valence-electron chi connectivity index (χ1n) is 4.76. The number of carbonyl (C=O) groups excluding carboxylic acids is 1. The molecule has 2 rings (SSSR count). The van der Waals surface area contributed by atoms with Crippen LogP contribution in [0.15, 0.2) is 18.5 Å². The van der Waals surface area contributed by atoms with E-state index in [9.17, 15) is 4.79 Å². The summed E-state index contributed by atoms with van der Waals surface area (Å²) >= 11 is 5.88. The predicted octanol–water partition coefficient (Wildman–Crippen LogP) is 0.779. The Kier molecular flexibility index (Phi) is 2.88. The van der Waals surface area contributed by atoms with Crippen molar-refractivity contribution in [3.8, 4) is 0 Å². The molecule has 0 spiro atoms. The second kappa shape index (κ2) is 4.16. The van der Waals surface area contributed by atoms with Gasteiger partial charge in [-0.2, -0.15) is 0 Å². The molecule has 80 valence electrons. The highest BCUT2D eigenvalue weighted by Gasteiger charge is 2.25. The first-order valence-corrected chi connectivity index (χ1v) is 5.13. The van der Waals surface area contributed by atoms with E-state index in [1.807, 2.05) is 7.05 Å². The van der Waals surface area contributed by atoms with E-state index in [2.05, 4.69) is 15.2 Å². The van der Waals surface area contributed by atoms with Crippen molar-refractivity contribution in [2.24, 2.45) is 0 Å². The van der Waals surface area contributed by atoms with Crippen LogP contribution in [-0.2, 0) is 0 Å². The van der Waals surface area contributed by atoms with Crippen LogP contribution in [0.5, 0.6) is 0 Å². The van der Waals surface area contributed by atoms with Gasteiger partial charge in [-0.1, -0.05) is 11.6 Å². The van der Waals surface area contributed by atoms with Crippen LogP contribution in [0.1, 0.15) is 10.4 Å². The molecular formula is C10H12ClN3O. The number of carbonyl (C=O) groups is 1. The number of likely N-dealkylation sites (tertiary alicyclic amines) is 1. The van der Waals surface area contributed by atoms with E-state index >= 15 is 0 Å². The SMILES string of the molecule is CN1CC(NC(=O)c2cnccc2Cl)C1. The lowest BCUT2D eigenvalue weighted by atomic mass is 10.1. The average molecular weight is 226 g/mol. The highest BCUT2D eigenvalue weighted by atomic mass is 35.5. The van der Waals surface area contributed by atoms with Crippen molar-refractivity contribution in [3.63, 3.8) is 0 Å². The molecule has 1 aromatic rings. The van der Waals surface area contributed by atoms with Crippen LogP contribution < -0.4 is 5.32 Å². The molecule has 0 saturated carbocycles. The second-order valence-corrected chi connectivity index (χ2v) is 4.15. The summed E-state index contributed by atoms with van der Waals surface area (Å²) in [6.45, 7) is 1.78. The third-order valence-corrected chi connectivity index (χ3v) is 2.74. The minimum absolute atomic E-state index is 0.147. The summed E-state index contributed by atoms with van der Waals surface area (Å²) in [6, 6.07) is 1.85. The van der Waals surface area contributed by atoms with Gasteiger partial charge in [0.05, 0.1) is 16.6 Å². The van der Waals surface area contributed by atoms with Gasteiger partial charge in [0.1, 0.15) is 0 Å². The standard InChI is InChI=1S/C10H12ClN3O/c1-14-5-7(6-14)13-10(15)8-4-12-3-2-9(8)11/h2-4,7H,5-6H2,1H3,(H,13,15). The lowest BCUT2D eigenvalue weighted by Gasteiger charge is -2.36. The van der Waals surface area contributed by atoms with Gasteiger partial charge >= 0.3 is 0 Å². The zero-order valence-electron chi connectivity index (χ0n) is 8.40. The first kappa shape index (κ1) is 10.4. The molecule has 1 aliphatic rings. The van der Waals surface area contributed by atoms with Crippen LogP contribution >= 0.6 is 11.6 Å². The largest absolute Gasteiger partial charge is 0.347 e. The van der Waals surface area contributed by atoms with Gasteiger partial charge in [0.25, 0.3) is 5.91 Å². The maximum Gasteiger partial charge on any atom is 0.254 e. The Morgan fingerprint density at radius 3 is 3.00 bits per heavy atom.